The molecule has 0 radical (unpaired) electrons. The third-order valence-electron chi connectivity index (χ3n) is 3.69. The Kier molecular flexibility index (Phi) is 9.10. The average molecular weight is 409 g/mol. The fourth-order valence-electron chi connectivity index (χ4n) is 2.08. The summed E-state index contributed by atoms with van der Waals surface area (Å²) in [6, 6.07) is 5.06. The second kappa shape index (κ2) is 11.3. The lowest BCUT2D eigenvalue weighted by Gasteiger charge is -2.20. The van der Waals surface area contributed by atoms with Gasteiger partial charge in [0.2, 0.25) is 11.8 Å². The standard InChI is InChI=1S/C18H23N3O8/c1-10(16(25)21-13(17(26)27)8-14(22)23)19-15(24)11(2)20-18(28)29-9-12-6-4-3-5-7-12/h3-7,10-11,13H,8-9H2,1-2H3,(H,19,24)(H,20,28)(H,21,25)(H,22,23)(H,26,27)/t10-,11-,13-/m0/s1. The molecule has 0 spiro atoms. The van der Waals surface area contributed by atoms with Crippen LogP contribution in [0.3, 0.4) is 0 Å². The number of carbonyl (C=O) groups is 5. The lowest BCUT2D eigenvalue weighted by Crippen LogP contribution is -2.54. The summed E-state index contributed by atoms with van der Waals surface area (Å²) in [5, 5.41) is 24.2. The first-order chi connectivity index (χ1) is 13.6. The Balaban J connectivity index is 2.47. The Morgan fingerprint density at radius 1 is 0.897 bits per heavy atom. The van der Waals surface area contributed by atoms with Gasteiger partial charge < -0.3 is 30.9 Å². The highest BCUT2D eigenvalue weighted by Gasteiger charge is 2.27. The van der Waals surface area contributed by atoms with Gasteiger partial charge in [-0.1, -0.05) is 30.3 Å². The van der Waals surface area contributed by atoms with E-state index in [1.807, 2.05) is 11.4 Å². The summed E-state index contributed by atoms with van der Waals surface area (Å²) in [5.74, 6) is -4.52. The third-order valence-corrected chi connectivity index (χ3v) is 3.69. The van der Waals surface area contributed by atoms with Crippen molar-refractivity contribution >= 4 is 29.8 Å². The Morgan fingerprint density at radius 2 is 1.45 bits per heavy atom. The van der Waals surface area contributed by atoms with E-state index in [0.717, 1.165) is 5.56 Å². The summed E-state index contributed by atoms with van der Waals surface area (Å²) in [4.78, 5) is 57.5. The Morgan fingerprint density at radius 3 is 2.00 bits per heavy atom. The quantitative estimate of drug-likeness (QED) is 0.355. The molecule has 3 atom stereocenters. The lowest BCUT2D eigenvalue weighted by molar-refractivity contribution is -0.147. The molecule has 0 bridgehead atoms. The van der Waals surface area contributed by atoms with E-state index in [1.165, 1.54) is 13.8 Å². The molecule has 0 fully saturated rings. The second-order valence-corrected chi connectivity index (χ2v) is 6.16. The zero-order valence-corrected chi connectivity index (χ0v) is 15.9. The summed E-state index contributed by atoms with van der Waals surface area (Å²) in [5.41, 5.74) is 0.763. The van der Waals surface area contributed by atoms with Gasteiger partial charge in [0.05, 0.1) is 6.42 Å². The number of carboxylic acids is 2. The SMILES string of the molecule is C[C@H](NC(=O)OCc1ccccc1)C(=O)N[C@@H](C)C(=O)N[C@@H](CC(=O)O)C(=O)O. The summed E-state index contributed by atoms with van der Waals surface area (Å²) in [6.07, 6.45) is -1.64. The van der Waals surface area contributed by atoms with Gasteiger partial charge in [-0.25, -0.2) is 9.59 Å². The van der Waals surface area contributed by atoms with Crippen molar-refractivity contribution in [1.82, 2.24) is 16.0 Å². The highest BCUT2D eigenvalue weighted by Crippen LogP contribution is 2.01. The molecule has 1 aromatic carbocycles. The Bertz CT molecular complexity index is 753. The molecule has 1 aromatic rings. The van der Waals surface area contributed by atoms with Crippen LogP contribution in [0.4, 0.5) is 4.79 Å². The summed E-state index contributed by atoms with van der Waals surface area (Å²) in [7, 11) is 0. The minimum atomic E-state index is -1.64. The summed E-state index contributed by atoms with van der Waals surface area (Å²) in [6.45, 7) is 2.67. The van der Waals surface area contributed by atoms with Crippen molar-refractivity contribution < 1.29 is 38.9 Å². The fraction of sp³-hybridized carbons (Fsp3) is 0.389. The van der Waals surface area contributed by atoms with Gasteiger partial charge in [0, 0.05) is 0 Å². The van der Waals surface area contributed by atoms with E-state index >= 15 is 0 Å². The number of aliphatic carboxylic acids is 2. The monoisotopic (exact) mass is 409 g/mol. The molecule has 0 aliphatic rings. The molecule has 0 unspecified atom stereocenters. The van der Waals surface area contributed by atoms with Gasteiger partial charge in [-0.3, -0.25) is 14.4 Å². The van der Waals surface area contributed by atoms with Crippen LogP contribution >= 0.6 is 0 Å². The van der Waals surface area contributed by atoms with Crippen LogP contribution < -0.4 is 16.0 Å². The van der Waals surface area contributed by atoms with E-state index in [1.54, 1.807) is 24.3 Å². The van der Waals surface area contributed by atoms with E-state index in [4.69, 9.17) is 14.9 Å². The van der Waals surface area contributed by atoms with Crippen molar-refractivity contribution in [1.29, 1.82) is 0 Å². The number of amides is 3. The molecular weight excluding hydrogens is 386 g/mol. The highest BCUT2D eigenvalue weighted by atomic mass is 16.5. The van der Waals surface area contributed by atoms with E-state index in [2.05, 4.69) is 10.6 Å². The molecule has 29 heavy (non-hydrogen) atoms. The van der Waals surface area contributed by atoms with E-state index in [9.17, 15) is 24.0 Å². The molecule has 1 rings (SSSR count). The zero-order valence-electron chi connectivity index (χ0n) is 15.9. The molecule has 3 amide bonds. The summed E-state index contributed by atoms with van der Waals surface area (Å²) < 4.78 is 4.99. The summed E-state index contributed by atoms with van der Waals surface area (Å²) >= 11 is 0. The first-order valence-corrected chi connectivity index (χ1v) is 8.62. The number of benzene rings is 1. The minimum absolute atomic E-state index is 0.0139. The fourth-order valence-corrected chi connectivity index (χ4v) is 2.08. The Hall–Kier alpha value is -3.63. The van der Waals surface area contributed by atoms with E-state index in [0.29, 0.717) is 0 Å². The number of nitrogens with one attached hydrogen (secondary N) is 3. The molecular formula is C18H23N3O8. The third kappa shape index (κ3) is 8.73. The van der Waals surface area contributed by atoms with Crippen molar-refractivity contribution in [2.24, 2.45) is 0 Å². The molecule has 0 aliphatic heterocycles. The van der Waals surface area contributed by atoms with Crippen molar-refractivity contribution in [3.05, 3.63) is 35.9 Å². The maximum atomic E-state index is 12.1. The van der Waals surface area contributed by atoms with Gasteiger partial charge in [-0.15, -0.1) is 0 Å². The van der Waals surface area contributed by atoms with Crippen LogP contribution in [0.5, 0.6) is 0 Å². The number of ether oxygens (including phenoxy) is 1. The lowest BCUT2D eigenvalue weighted by atomic mass is 10.2. The number of hydrogen-bond donors (Lipinski definition) is 5. The maximum Gasteiger partial charge on any atom is 0.408 e. The molecule has 0 saturated heterocycles. The van der Waals surface area contributed by atoms with Gasteiger partial charge in [-0.05, 0) is 19.4 Å². The average Bonchev–Trinajstić information content (AvgIpc) is 2.65. The van der Waals surface area contributed by atoms with E-state index < -0.39 is 54.4 Å². The predicted molar refractivity (Wildman–Crippen MR) is 98.6 cm³/mol. The molecule has 0 heterocycles. The topological polar surface area (TPSA) is 171 Å². The van der Waals surface area contributed by atoms with Crippen molar-refractivity contribution in [2.45, 2.75) is 45.0 Å². The Labute approximate surface area is 166 Å². The smallest absolute Gasteiger partial charge is 0.408 e. The van der Waals surface area contributed by atoms with Crippen molar-refractivity contribution in [3.8, 4) is 0 Å². The molecule has 0 aromatic heterocycles. The van der Waals surface area contributed by atoms with Gasteiger partial charge in [0.1, 0.15) is 24.7 Å². The van der Waals surface area contributed by atoms with Gasteiger partial charge in [0.15, 0.2) is 0 Å². The van der Waals surface area contributed by atoms with Crippen LogP contribution in [-0.4, -0.2) is 58.2 Å². The molecule has 5 N–H and O–H groups in total. The highest BCUT2D eigenvalue weighted by molar-refractivity contribution is 5.93. The molecule has 0 aliphatic carbocycles. The van der Waals surface area contributed by atoms with Crippen LogP contribution in [0.1, 0.15) is 25.8 Å². The maximum absolute atomic E-state index is 12.1. The second-order valence-electron chi connectivity index (χ2n) is 6.16. The number of rotatable bonds is 10. The van der Waals surface area contributed by atoms with Crippen LogP contribution in [0.2, 0.25) is 0 Å². The molecule has 158 valence electrons. The van der Waals surface area contributed by atoms with E-state index in [-0.39, 0.29) is 6.61 Å². The number of carboxylic acid groups (broad SMARTS) is 2. The predicted octanol–water partition coefficient (Wildman–Crippen LogP) is -0.150. The first-order valence-electron chi connectivity index (χ1n) is 8.62. The van der Waals surface area contributed by atoms with Gasteiger partial charge >= 0.3 is 18.0 Å². The molecule has 11 heteroatoms. The molecule has 0 saturated carbocycles. The van der Waals surface area contributed by atoms with Gasteiger partial charge in [-0.2, -0.15) is 0 Å². The first kappa shape index (κ1) is 23.4. The zero-order chi connectivity index (χ0) is 22.0. The number of alkyl carbamates (subject to hydrolysis) is 1. The van der Waals surface area contributed by atoms with Crippen LogP contribution in [0.25, 0.3) is 0 Å². The normalized spacial score (nSPS) is 13.3. The number of hydrogen-bond acceptors (Lipinski definition) is 6. The van der Waals surface area contributed by atoms with Crippen molar-refractivity contribution in [2.75, 3.05) is 0 Å². The minimum Gasteiger partial charge on any atom is -0.481 e. The number of carbonyl (C=O) groups excluding carboxylic acids is 3. The van der Waals surface area contributed by atoms with Crippen LogP contribution in [0, 0.1) is 0 Å². The van der Waals surface area contributed by atoms with Gasteiger partial charge in [0.25, 0.3) is 0 Å². The van der Waals surface area contributed by atoms with Crippen LogP contribution in [0.15, 0.2) is 30.3 Å². The van der Waals surface area contributed by atoms with Crippen LogP contribution in [-0.2, 0) is 30.5 Å². The van der Waals surface area contributed by atoms with Crippen molar-refractivity contribution in [3.63, 3.8) is 0 Å². The largest absolute Gasteiger partial charge is 0.481 e. The molecule has 11 nitrogen and oxygen atoms in total.